The summed E-state index contributed by atoms with van der Waals surface area (Å²) in [6, 6.07) is 1.64. The predicted octanol–water partition coefficient (Wildman–Crippen LogP) is 1.87. The van der Waals surface area contributed by atoms with Crippen molar-refractivity contribution in [3.05, 3.63) is 38.2 Å². The van der Waals surface area contributed by atoms with E-state index in [9.17, 15) is 14.4 Å². The first-order chi connectivity index (χ1) is 13.2. The Morgan fingerprint density at radius 2 is 1.93 bits per heavy atom. The molecule has 0 aliphatic heterocycles. The van der Waals surface area contributed by atoms with Crippen LogP contribution in [0.4, 0.5) is 0 Å². The molecule has 0 saturated carbocycles. The number of nitrogens with two attached hydrogens (primary N) is 1. The number of hydrogen-bond acceptors (Lipinski definition) is 5. The molecule has 2 aromatic heterocycles. The van der Waals surface area contributed by atoms with Crippen molar-refractivity contribution in [2.45, 2.75) is 71.9 Å². The molecule has 0 spiro atoms. The first-order valence-electron chi connectivity index (χ1n) is 9.93. The molecule has 0 aromatic carbocycles. The van der Waals surface area contributed by atoms with E-state index in [0.717, 1.165) is 0 Å². The summed E-state index contributed by atoms with van der Waals surface area (Å²) in [7, 11) is 0. The number of carbonyl (C=O) groups is 1. The molecular weight excluding hydrogens is 358 g/mol. The van der Waals surface area contributed by atoms with E-state index in [2.05, 4.69) is 15.3 Å². The van der Waals surface area contributed by atoms with Crippen LogP contribution in [0.5, 0.6) is 0 Å². The van der Waals surface area contributed by atoms with E-state index < -0.39 is 16.8 Å². The van der Waals surface area contributed by atoms with Gasteiger partial charge in [-0.15, -0.1) is 0 Å². The molecule has 0 saturated heterocycles. The van der Waals surface area contributed by atoms with Gasteiger partial charge in [0.1, 0.15) is 0 Å². The highest BCUT2D eigenvalue weighted by molar-refractivity contribution is 6.05. The van der Waals surface area contributed by atoms with Gasteiger partial charge in [0, 0.05) is 18.8 Å². The molecule has 0 unspecified atom stereocenters. The second kappa shape index (κ2) is 8.68. The zero-order valence-electron chi connectivity index (χ0n) is 17.4. The van der Waals surface area contributed by atoms with Crippen LogP contribution in [0, 0.1) is 0 Å². The van der Waals surface area contributed by atoms with Crippen LogP contribution in [0.1, 0.15) is 75.9 Å². The Morgan fingerprint density at radius 1 is 1.29 bits per heavy atom. The Hall–Kier alpha value is -2.48. The fourth-order valence-electron chi connectivity index (χ4n) is 3.27. The van der Waals surface area contributed by atoms with E-state index in [1.165, 1.54) is 4.57 Å². The van der Waals surface area contributed by atoms with Crippen LogP contribution in [-0.4, -0.2) is 32.5 Å². The lowest BCUT2D eigenvalue weighted by molar-refractivity contribution is 0.0896. The summed E-state index contributed by atoms with van der Waals surface area (Å²) in [5.41, 5.74) is 5.37. The van der Waals surface area contributed by atoms with Gasteiger partial charge in [-0.05, 0) is 31.2 Å². The molecular formula is C20H31N5O3. The highest BCUT2D eigenvalue weighted by Gasteiger charge is 2.29. The van der Waals surface area contributed by atoms with Crippen molar-refractivity contribution in [2.24, 2.45) is 5.73 Å². The van der Waals surface area contributed by atoms with Crippen molar-refractivity contribution in [1.29, 1.82) is 0 Å². The largest absolute Gasteiger partial charge is 0.345 e. The molecule has 0 aliphatic carbocycles. The van der Waals surface area contributed by atoms with Crippen molar-refractivity contribution < 1.29 is 4.79 Å². The smallest absolute Gasteiger partial charge is 0.329 e. The van der Waals surface area contributed by atoms with Crippen LogP contribution in [-0.2, 0) is 6.54 Å². The van der Waals surface area contributed by atoms with Gasteiger partial charge in [-0.2, -0.15) is 0 Å². The number of hydrogen-bond donors (Lipinski definition) is 3. The van der Waals surface area contributed by atoms with Crippen LogP contribution in [0.15, 0.2) is 15.7 Å². The SMILES string of the molecule is CCCn1c(=O)[nH]c(=O)c2c(C(=O)NC(CC)(CC)CN)cc(C(C)C)nc21. The molecule has 1 amide bonds. The maximum absolute atomic E-state index is 13.2. The summed E-state index contributed by atoms with van der Waals surface area (Å²) >= 11 is 0. The number of amides is 1. The van der Waals surface area contributed by atoms with Gasteiger partial charge in [-0.3, -0.25) is 19.1 Å². The molecule has 4 N–H and O–H groups in total. The lowest BCUT2D eigenvalue weighted by Gasteiger charge is -2.31. The third kappa shape index (κ3) is 4.01. The zero-order valence-corrected chi connectivity index (χ0v) is 17.4. The molecule has 0 atom stereocenters. The average molecular weight is 390 g/mol. The van der Waals surface area contributed by atoms with Crippen molar-refractivity contribution in [3.63, 3.8) is 0 Å². The molecule has 8 heteroatoms. The highest BCUT2D eigenvalue weighted by atomic mass is 16.2. The van der Waals surface area contributed by atoms with E-state index in [1.54, 1.807) is 6.07 Å². The zero-order chi connectivity index (χ0) is 21.1. The third-order valence-electron chi connectivity index (χ3n) is 5.37. The molecule has 0 fully saturated rings. The predicted molar refractivity (Wildman–Crippen MR) is 111 cm³/mol. The van der Waals surface area contributed by atoms with Crippen LogP contribution < -0.4 is 22.3 Å². The molecule has 2 rings (SSSR count). The topological polar surface area (TPSA) is 123 Å². The number of aryl methyl sites for hydroxylation is 1. The van der Waals surface area contributed by atoms with Gasteiger partial charge < -0.3 is 11.1 Å². The maximum atomic E-state index is 13.2. The molecule has 0 radical (unpaired) electrons. The minimum atomic E-state index is -0.605. The second-order valence-electron chi connectivity index (χ2n) is 7.50. The normalized spacial score (nSPS) is 12.0. The lowest BCUT2D eigenvalue weighted by Crippen LogP contribution is -2.53. The maximum Gasteiger partial charge on any atom is 0.329 e. The Balaban J connectivity index is 2.81. The summed E-state index contributed by atoms with van der Waals surface area (Å²) in [4.78, 5) is 45.0. The number of carbonyl (C=O) groups excluding carboxylic acids is 1. The van der Waals surface area contributed by atoms with Crippen LogP contribution >= 0.6 is 0 Å². The Labute approximate surface area is 164 Å². The van der Waals surface area contributed by atoms with Gasteiger partial charge in [0.2, 0.25) is 0 Å². The Bertz CT molecular complexity index is 962. The Morgan fingerprint density at radius 3 is 2.43 bits per heavy atom. The van der Waals surface area contributed by atoms with Crippen molar-refractivity contribution in [2.75, 3.05) is 6.54 Å². The number of pyridine rings is 1. The first kappa shape index (κ1) is 21.8. The molecule has 154 valence electrons. The van der Waals surface area contributed by atoms with E-state index in [-0.39, 0.29) is 28.4 Å². The molecule has 2 aromatic rings. The van der Waals surface area contributed by atoms with Gasteiger partial charge >= 0.3 is 5.69 Å². The standard InChI is InChI=1S/C20H31N5O3/c1-6-9-25-16-15(18(27)23-19(25)28)13(10-14(22-16)12(4)5)17(26)24-20(7-2,8-3)11-21/h10,12H,6-9,11,21H2,1-5H3,(H,24,26)(H,23,27,28). The molecule has 2 heterocycles. The fourth-order valence-corrected chi connectivity index (χ4v) is 3.27. The Kier molecular flexibility index (Phi) is 6.77. The number of nitrogens with one attached hydrogen (secondary N) is 2. The monoisotopic (exact) mass is 389 g/mol. The summed E-state index contributed by atoms with van der Waals surface area (Å²) in [6.07, 6.45) is 2.03. The number of rotatable bonds is 8. The number of H-pyrrole nitrogens is 1. The summed E-state index contributed by atoms with van der Waals surface area (Å²) in [5.74, 6) is -0.354. The van der Waals surface area contributed by atoms with Crippen LogP contribution in [0.25, 0.3) is 11.0 Å². The summed E-state index contributed by atoms with van der Waals surface area (Å²) < 4.78 is 1.43. The first-order valence-corrected chi connectivity index (χ1v) is 9.93. The van der Waals surface area contributed by atoms with E-state index in [0.29, 0.717) is 38.0 Å². The van der Waals surface area contributed by atoms with Crippen LogP contribution in [0.2, 0.25) is 0 Å². The third-order valence-corrected chi connectivity index (χ3v) is 5.37. The number of aromatic amines is 1. The van der Waals surface area contributed by atoms with Gasteiger partial charge in [-0.1, -0.05) is 34.6 Å². The highest BCUT2D eigenvalue weighted by Crippen LogP contribution is 2.21. The van der Waals surface area contributed by atoms with Crippen molar-refractivity contribution in [1.82, 2.24) is 19.9 Å². The molecule has 0 bridgehead atoms. The fraction of sp³-hybridized carbons (Fsp3) is 0.600. The summed E-state index contributed by atoms with van der Waals surface area (Å²) in [5, 5.41) is 3.15. The quantitative estimate of drug-likeness (QED) is 0.636. The van der Waals surface area contributed by atoms with Gasteiger partial charge in [0.15, 0.2) is 5.65 Å². The minimum absolute atomic E-state index is 0.0250. The number of aromatic nitrogens is 3. The van der Waals surface area contributed by atoms with Gasteiger partial charge in [0.25, 0.3) is 11.5 Å². The number of fused-ring (bicyclic) bond motifs is 1. The number of nitrogens with zero attached hydrogens (tertiary/aromatic N) is 2. The average Bonchev–Trinajstić information content (AvgIpc) is 2.68. The van der Waals surface area contributed by atoms with Crippen LogP contribution in [0.3, 0.4) is 0 Å². The second-order valence-corrected chi connectivity index (χ2v) is 7.50. The lowest BCUT2D eigenvalue weighted by atomic mass is 9.92. The van der Waals surface area contributed by atoms with Crippen molar-refractivity contribution in [3.8, 4) is 0 Å². The van der Waals surface area contributed by atoms with E-state index in [1.807, 2.05) is 34.6 Å². The van der Waals surface area contributed by atoms with Crippen molar-refractivity contribution >= 4 is 16.9 Å². The minimum Gasteiger partial charge on any atom is -0.345 e. The summed E-state index contributed by atoms with van der Waals surface area (Å²) in [6.45, 7) is 10.5. The van der Waals surface area contributed by atoms with Gasteiger partial charge in [-0.25, -0.2) is 9.78 Å². The molecule has 28 heavy (non-hydrogen) atoms. The molecule has 0 aliphatic rings. The molecule has 8 nitrogen and oxygen atoms in total. The van der Waals surface area contributed by atoms with E-state index >= 15 is 0 Å². The van der Waals surface area contributed by atoms with Gasteiger partial charge in [0.05, 0.1) is 16.5 Å². The van der Waals surface area contributed by atoms with E-state index in [4.69, 9.17) is 5.73 Å².